The number of nitrogens with zero attached hydrogens (tertiary/aromatic N) is 3. The van der Waals surface area contributed by atoms with Crippen molar-refractivity contribution in [2.75, 3.05) is 49.6 Å². The van der Waals surface area contributed by atoms with Gasteiger partial charge in [-0.1, -0.05) is 43.3 Å². The molecule has 0 atom stereocenters. The Kier molecular flexibility index (Phi) is 9.13. The Bertz CT molecular complexity index is 944. The van der Waals surface area contributed by atoms with Crippen LogP contribution in [-0.4, -0.2) is 51.0 Å². The average molecular weight is 448 g/mol. The molecule has 4 nitrogen and oxygen atoms in total. The van der Waals surface area contributed by atoms with Crippen molar-refractivity contribution in [1.29, 1.82) is 0 Å². The summed E-state index contributed by atoms with van der Waals surface area (Å²) in [5.74, 6) is 0. The normalized spacial score (nSPS) is 14.4. The van der Waals surface area contributed by atoms with Crippen LogP contribution in [0.5, 0.6) is 0 Å². The van der Waals surface area contributed by atoms with E-state index in [1.54, 1.807) is 0 Å². The van der Waals surface area contributed by atoms with E-state index in [1.165, 1.54) is 39.2 Å². The Hall–Kier alpha value is -2.59. The van der Waals surface area contributed by atoms with Crippen LogP contribution in [0.3, 0.4) is 0 Å². The maximum Gasteiger partial charge on any atom is 0.120 e. The van der Waals surface area contributed by atoms with E-state index in [1.807, 2.05) is 0 Å². The summed E-state index contributed by atoms with van der Waals surface area (Å²) in [6.07, 6.45) is 4.42. The zero-order chi connectivity index (χ0) is 23.8. The smallest absolute Gasteiger partial charge is 0.120 e. The van der Waals surface area contributed by atoms with Gasteiger partial charge in [0.15, 0.2) is 0 Å². The zero-order valence-corrected chi connectivity index (χ0v) is 21.1. The average Bonchev–Trinajstić information content (AvgIpc) is 2.83. The number of aldehydes is 1. The molecule has 2 aromatic carbocycles. The molecule has 33 heavy (non-hydrogen) atoms. The lowest BCUT2D eigenvalue weighted by molar-refractivity contribution is -0.107. The Morgan fingerprint density at radius 3 is 2.58 bits per heavy atom. The molecule has 178 valence electrons. The number of carbonyl (C=O) groups excluding carboxylic acids is 1. The summed E-state index contributed by atoms with van der Waals surface area (Å²) in [5.41, 5.74) is 9.30. The van der Waals surface area contributed by atoms with Crippen LogP contribution >= 0.6 is 0 Å². The predicted octanol–water partition coefficient (Wildman–Crippen LogP) is 5.55. The number of hydrogen-bond donors (Lipinski definition) is 0. The lowest BCUT2D eigenvalue weighted by Gasteiger charge is -2.37. The van der Waals surface area contributed by atoms with E-state index in [9.17, 15) is 4.79 Å². The van der Waals surface area contributed by atoms with E-state index in [4.69, 9.17) is 0 Å². The first-order valence-corrected chi connectivity index (χ1v) is 12.4. The fourth-order valence-electron chi connectivity index (χ4n) is 4.60. The SMILES string of the molecule is C=C(CC)CCN(C)c1cc(CN2CCN(c3cccc(C)c3C)CC2)ccc1CCC=O. The number of benzene rings is 2. The molecule has 0 aromatic heterocycles. The van der Waals surface area contributed by atoms with Gasteiger partial charge in [-0.25, -0.2) is 0 Å². The second-order valence-electron chi connectivity index (χ2n) is 9.43. The summed E-state index contributed by atoms with van der Waals surface area (Å²) in [7, 11) is 2.16. The van der Waals surface area contributed by atoms with Crippen LogP contribution in [0, 0.1) is 13.8 Å². The Morgan fingerprint density at radius 2 is 1.88 bits per heavy atom. The second kappa shape index (κ2) is 12.0. The number of hydrogen-bond acceptors (Lipinski definition) is 4. The van der Waals surface area contributed by atoms with E-state index in [0.29, 0.717) is 6.42 Å². The highest BCUT2D eigenvalue weighted by Crippen LogP contribution is 2.26. The molecule has 0 aliphatic carbocycles. The maximum absolute atomic E-state index is 11.0. The molecule has 0 amide bonds. The number of aryl methyl sites for hydroxylation is 2. The molecule has 0 saturated carbocycles. The van der Waals surface area contributed by atoms with Crippen molar-refractivity contribution in [3.63, 3.8) is 0 Å². The van der Waals surface area contributed by atoms with Crippen molar-refractivity contribution >= 4 is 17.7 Å². The first kappa shape index (κ1) is 25.0. The van der Waals surface area contributed by atoms with Crippen molar-refractivity contribution in [3.8, 4) is 0 Å². The summed E-state index contributed by atoms with van der Waals surface area (Å²) in [5, 5.41) is 0. The first-order chi connectivity index (χ1) is 15.9. The fourth-order valence-corrected chi connectivity index (χ4v) is 4.60. The van der Waals surface area contributed by atoms with Crippen LogP contribution in [0.15, 0.2) is 48.6 Å². The predicted molar refractivity (Wildman–Crippen MR) is 142 cm³/mol. The van der Waals surface area contributed by atoms with Crippen LogP contribution < -0.4 is 9.80 Å². The molecule has 0 spiro atoms. The Labute approximate surface area is 200 Å². The molecule has 0 bridgehead atoms. The highest BCUT2D eigenvalue weighted by molar-refractivity contribution is 5.58. The molecule has 1 saturated heterocycles. The van der Waals surface area contributed by atoms with E-state index in [0.717, 1.165) is 64.8 Å². The van der Waals surface area contributed by atoms with E-state index >= 15 is 0 Å². The van der Waals surface area contributed by atoms with Crippen LogP contribution in [0.25, 0.3) is 0 Å². The van der Waals surface area contributed by atoms with E-state index < -0.39 is 0 Å². The third-order valence-electron chi connectivity index (χ3n) is 7.09. The molecular weight excluding hydrogens is 406 g/mol. The molecule has 0 radical (unpaired) electrons. The third kappa shape index (κ3) is 6.70. The van der Waals surface area contributed by atoms with Gasteiger partial charge in [0.25, 0.3) is 0 Å². The molecule has 1 fully saturated rings. The fraction of sp³-hybridized carbons (Fsp3) is 0.483. The van der Waals surface area contributed by atoms with Crippen LogP contribution in [0.1, 0.15) is 48.4 Å². The van der Waals surface area contributed by atoms with Gasteiger partial charge in [-0.3, -0.25) is 4.90 Å². The molecule has 1 aliphatic rings. The highest BCUT2D eigenvalue weighted by atomic mass is 16.1. The van der Waals surface area contributed by atoms with Crippen LogP contribution in [0.2, 0.25) is 0 Å². The quantitative estimate of drug-likeness (QED) is 0.333. The monoisotopic (exact) mass is 447 g/mol. The van der Waals surface area contributed by atoms with E-state index in [2.05, 4.69) is 85.5 Å². The van der Waals surface area contributed by atoms with Gasteiger partial charge in [-0.05, 0) is 67.5 Å². The summed E-state index contributed by atoms with van der Waals surface area (Å²) >= 11 is 0. The van der Waals surface area contributed by atoms with Gasteiger partial charge in [-0.2, -0.15) is 0 Å². The Balaban J connectivity index is 1.66. The summed E-state index contributed by atoms with van der Waals surface area (Å²) < 4.78 is 0. The van der Waals surface area contributed by atoms with Gasteiger partial charge in [0.1, 0.15) is 6.29 Å². The number of piperazine rings is 1. The van der Waals surface area contributed by atoms with Crippen molar-refractivity contribution in [3.05, 3.63) is 70.8 Å². The summed E-state index contributed by atoms with van der Waals surface area (Å²) in [4.78, 5) is 18.4. The van der Waals surface area contributed by atoms with Gasteiger partial charge in [0.2, 0.25) is 0 Å². The van der Waals surface area contributed by atoms with Crippen molar-refractivity contribution < 1.29 is 4.79 Å². The van der Waals surface area contributed by atoms with Gasteiger partial charge in [0.05, 0.1) is 0 Å². The van der Waals surface area contributed by atoms with Gasteiger partial charge in [-0.15, -0.1) is 0 Å². The molecule has 0 N–H and O–H groups in total. The summed E-state index contributed by atoms with van der Waals surface area (Å²) in [6, 6.07) is 13.4. The molecule has 3 rings (SSSR count). The molecular formula is C29H41N3O. The number of anilines is 2. The second-order valence-corrected chi connectivity index (χ2v) is 9.43. The van der Waals surface area contributed by atoms with Crippen molar-refractivity contribution in [2.24, 2.45) is 0 Å². The molecule has 1 heterocycles. The maximum atomic E-state index is 11.0. The first-order valence-electron chi connectivity index (χ1n) is 12.4. The molecule has 0 unspecified atom stereocenters. The lowest BCUT2D eigenvalue weighted by atomic mass is 10.0. The van der Waals surface area contributed by atoms with Crippen molar-refractivity contribution in [1.82, 2.24) is 4.90 Å². The zero-order valence-electron chi connectivity index (χ0n) is 21.1. The van der Waals surface area contributed by atoms with Crippen molar-refractivity contribution in [2.45, 2.75) is 53.0 Å². The van der Waals surface area contributed by atoms with Gasteiger partial charge in [0, 0.05) is 64.1 Å². The topological polar surface area (TPSA) is 26.8 Å². The Morgan fingerprint density at radius 1 is 1.12 bits per heavy atom. The van der Waals surface area contributed by atoms with Crippen LogP contribution in [-0.2, 0) is 17.8 Å². The standard InChI is InChI=1S/C29H41N3O/c1-6-23(2)14-15-30(5)29-21-26(12-13-27(29)10-8-20-33)22-31-16-18-32(19-17-31)28-11-7-9-24(3)25(28)4/h7,9,11-13,20-21H,2,6,8,10,14-19,22H2,1,3-5H3. The van der Waals surface area contributed by atoms with Gasteiger partial charge >= 0.3 is 0 Å². The number of carbonyl (C=O) groups is 1. The lowest BCUT2D eigenvalue weighted by Crippen LogP contribution is -2.46. The minimum Gasteiger partial charge on any atom is -0.374 e. The molecule has 1 aliphatic heterocycles. The minimum atomic E-state index is 0.572. The molecule has 4 heteroatoms. The molecule has 2 aromatic rings. The largest absolute Gasteiger partial charge is 0.374 e. The third-order valence-corrected chi connectivity index (χ3v) is 7.09. The van der Waals surface area contributed by atoms with Crippen LogP contribution in [0.4, 0.5) is 11.4 Å². The number of rotatable bonds is 11. The van der Waals surface area contributed by atoms with E-state index in [-0.39, 0.29) is 0 Å². The summed E-state index contributed by atoms with van der Waals surface area (Å²) in [6.45, 7) is 16.9. The van der Waals surface area contributed by atoms with Gasteiger partial charge < -0.3 is 14.6 Å². The minimum absolute atomic E-state index is 0.572. The highest BCUT2D eigenvalue weighted by Gasteiger charge is 2.19.